The second-order valence-electron chi connectivity index (χ2n) is 8.63. The lowest BCUT2D eigenvalue weighted by atomic mass is 9.78. The maximum atomic E-state index is 13.7. The molecule has 30 heavy (non-hydrogen) atoms. The maximum Gasteiger partial charge on any atom is 0.251 e. The molecule has 2 aromatic heterocycles. The van der Waals surface area contributed by atoms with E-state index in [-0.39, 0.29) is 23.3 Å². The number of carbonyl (C=O) groups is 1. The van der Waals surface area contributed by atoms with E-state index in [1.54, 1.807) is 22.0 Å². The van der Waals surface area contributed by atoms with E-state index in [9.17, 15) is 9.59 Å². The van der Waals surface area contributed by atoms with Gasteiger partial charge in [-0.25, -0.2) is 4.98 Å². The SMILES string of the molecule is Cc1nc(N2C[C@H]3C[C@@H](C2)[C@H](C(=O)N2CCCOCC2)n2c3cccc2=O)sc1C. The van der Waals surface area contributed by atoms with E-state index in [2.05, 4.69) is 11.8 Å². The van der Waals surface area contributed by atoms with Crippen LogP contribution in [0.2, 0.25) is 0 Å². The quantitative estimate of drug-likeness (QED) is 0.735. The lowest BCUT2D eigenvalue weighted by molar-refractivity contribution is -0.137. The summed E-state index contributed by atoms with van der Waals surface area (Å²) in [6.07, 6.45) is 1.77. The zero-order chi connectivity index (χ0) is 20.8. The van der Waals surface area contributed by atoms with E-state index < -0.39 is 6.04 Å². The molecule has 0 aromatic carbocycles. The number of ether oxygens (including phenoxy) is 1. The number of nitrogens with zero attached hydrogens (tertiary/aromatic N) is 4. The summed E-state index contributed by atoms with van der Waals surface area (Å²) in [6, 6.07) is 4.98. The van der Waals surface area contributed by atoms with Crippen LogP contribution in [-0.4, -0.2) is 59.8 Å². The number of piperidine rings is 1. The van der Waals surface area contributed by atoms with Crippen molar-refractivity contribution in [2.24, 2.45) is 5.92 Å². The molecular formula is C22H28N4O3S. The van der Waals surface area contributed by atoms with Gasteiger partial charge in [0.1, 0.15) is 6.04 Å². The van der Waals surface area contributed by atoms with Crippen LogP contribution in [0.5, 0.6) is 0 Å². The second-order valence-corrected chi connectivity index (χ2v) is 9.81. The third kappa shape index (κ3) is 3.36. The standard InChI is InChI=1S/C22H28N4O3S/c1-14-15(2)30-22(23-14)25-12-16-11-17(13-25)20(26-18(16)5-3-6-19(26)27)21(28)24-7-4-9-29-10-8-24/h3,5-6,16-17,20H,4,7-13H2,1-2H3/t16-,17+,20-/m1/s1. The van der Waals surface area contributed by atoms with Crippen molar-refractivity contribution in [3.8, 4) is 0 Å². The van der Waals surface area contributed by atoms with Gasteiger partial charge in [0.05, 0.1) is 12.3 Å². The molecule has 0 unspecified atom stereocenters. The average Bonchev–Trinajstić information content (AvgIpc) is 2.93. The molecule has 3 atom stereocenters. The smallest absolute Gasteiger partial charge is 0.251 e. The van der Waals surface area contributed by atoms with Crippen LogP contribution >= 0.6 is 11.3 Å². The van der Waals surface area contributed by atoms with Gasteiger partial charge in [-0.3, -0.25) is 14.2 Å². The minimum Gasteiger partial charge on any atom is -0.380 e. The van der Waals surface area contributed by atoms with Gasteiger partial charge in [-0.15, -0.1) is 11.3 Å². The van der Waals surface area contributed by atoms with Gasteiger partial charge in [0.15, 0.2) is 5.13 Å². The molecule has 2 bridgehead atoms. The number of amides is 1. The first-order chi connectivity index (χ1) is 14.5. The molecule has 160 valence electrons. The van der Waals surface area contributed by atoms with E-state index >= 15 is 0 Å². The zero-order valence-electron chi connectivity index (χ0n) is 17.5. The molecule has 0 spiro atoms. The molecule has 0 N–H and O–H groups in total. The van der Waals surface area contributed by atoms with Gasteiger partial charge in [0.2, 0.25) is 5.91 Å². The van der Waals surface area contributed by atoms with Crippen molar-refractivity contribution in [1.29, 1.82) is 0 Å². The number of fused-ring (bicyclic) bond motifs is 4. The Kier molecular flexibility index (Phi) is 5.14. The van der Waals surface area contributed by atoms with Crippen molar-refractivity contribution in [2.75, 3.05) is 44.3 Å². The van der Waals surface area contributed by atoms with Crippen LogP contribution in [0.25, 0.3) is 0 Å². The van der Waals surface area contributed by atoms with Crippen LogP contribution in [0.15, 0.2) is 23.0 Å². The first-order valence-electron chi connectivity index (χ1n) is 10.8. The lowest BCUT2D eigenvalue weighted by Crippen LogP contribution is -2.54. The van der Waals surface area contributed by atoms with Gasteiger partial charge in [-0.1, -0.05) is 6.07 Å². The first-order valence-corrected chi connectivity index (χ1v) is 11.6. The monoisotopic (exact) mass is 428 g/mol. The van der Waals surface area contributed by atoms with Crippen molar-refractivity contribution in [3.63, 3.8) is 0 Å². The van der Waals surface area contributed by atoms with Crippen LogP contribution < -0.4 is 10.5 Å². The normalized spacial score (nSPS) is 26.3. The number of aromatic nitrogens is 2. The van der Waals surface area contributed by atoms with E-state index in [0.717, 1.165) is 42.5 Å². The molecule has 0 aliphatic carbocycles. The van der Waals surface area contributed by atoms with E-state index in [1.807, 2.05) is 24.0 Å². The molecule has 0 saturated carbocycles. The highest BCUT2D eigenvalue weighted by Crippen LogP contribution is 2.43. The molecule has 8 heteroatoms. The van der Waals surface area contributed by atoms with Crippen molar-refractivity contribution in [3.05, 3.63) is 44.8 Å². The molecular weight excluding hydrogens is 400 g/mol. The van der Waals surface area contributed by atoms with Crippen molar-refractivity contribution < 1.29 is 9.53 Å². The van der Waals surface area contributed by atoms with Crippen LogP contribution in [0.4, 0.5) is 5.13 Å². The first kappa shape index (κ1) is 19.8. The van der Waals surface area contributed by atoms with Crippen molar-refractivity contribution in [2.45, 2.75) is 38.6 Å². The maximum absolute atomic E-state index is 13.7. The number of anilines is 1. The third-order valence-electron chi connectivity index (χ3n) is 6.72. The van der Waals surface area contributed by atoms with Crippen molar-refractivity contribution >= 4 is 22.4 Å². The Labute approximate surface area is 180 Å². The summed E-state index contributed by atoms with van der Waals surface area (Å²) < 4.78 is 7.34. The number of rotatable bonds is 2. The van der Waals surface area contributed by atoms with Crippen LogP contribution in [0, 0.1) is 19.8 Å². The Balaban J connectivity index is 1.53. The minimum atomic E-state index is -0.451. The van der Waals surface area contributed by atoms with Gasteiger partial charge in [0, 0.05) is 61.3 Å². The Morgan fingerprint density at radius 3 is 2.87 bits per heavy atom. The fourth-order valence-electron chi connectivity index (χ4n) is 5.15. The summed E-state index contributed by atoms with van der Waals surface area (Å²) in [6.45, 7) is 8.27. The minimum absolute atomic E-state index is 0.0619. The van der Waals surface area contributed by atoms with Crippen molar-refractivity contribution in [1.82, 2.24) is 14.5 Å². The summed E-state index contributed by atoms with van der Waals surface area (Å²) in [5.41, 5.74) is 1.98. The summed E-state index contributed by atoms with van der Waals surface area (Å²) in [4.78, 5) is 36.8. The second kappa shape index (κ2) is 7.81. The van der Waals surface area contributed by atoms with Gasteiger partial charge in [0.25, 0.3) is 5.56 Å². The molecule has 2 aromatic rings. The number of hydrogen-bond acceptors (Lipinski definition) is 6. The molecule has 2 saturated heterocycles. The molecule has 7 nitrogen and oxygen atoms in total. The largest absolute Gasteiger partial charge is 0.380 e. The Morgan fingerprint density at radius 2 is 2.07 bits per heavy atom. The number of aryl methyl sites for hydroxylation is 2. The summed E-state index contributed by atoms with van der Waals surface area (Å²) in [5.74, 6) is 0.392. The molecule has 3 aliphatic rings. The Bertz CT molecular complexity index is 989. The number of carbonyl (C=O) groups excluding carboxylic acids is 1. The highest BCUT2D eigenvalue weighted by molar-refractivity contribution is 7.15. The fraction of sp³-hybridized carbons (Fsp3) is 0.591. The molecule has 3 aliphatic heterocycles. The van der Waals surface area contributed by atoms with Gasteiger partial charge >= 0.3 is 0 Å². The van der Waals surface area contributed by atoms with E-state index in [4.69, 9.17) is 9.72 Å². The van der Waals surface area contributed by atoms with Gasteiger partial charge < -0.3 is 14.5 Å². The molecule has 5 heterocycles. The molecule has 5 rings (SSSR count). The molecule has 1 amide bonds. The highest BCUT2D eigenvalue weighted by Gasteiger charge is 2.45. The fourth-order valence-corrected chi connectivity index (χ4v) is 6.08. The molecule has 2 fully saturated rings. The van der Waals surface area contributed by atoms with Crippen LogP contribution in [-0.2, 0) is 9.53 Å². The lowest BCUT2D eigenvalue weighted by Gasteiger charge is -2.47. The number of hydrogen-bond donors (Lipinski definition) is 0. The Morgan fingerprint density at radius 1 is 1.20 bits per heavy atom. The Hall–Kier alpha value is -2.19. The molecule has 0 radical (unpaired) electrons. The summed E-state index contributed by atoms with van der Waals surface area (Å²) in [5, 5.41) is 1.03. The zero-order valence-corrected chi connectivity index (χ0v) is 18.4. The summed E-state index contributed by atoms with van der Waals surface area (Å²) >= 11 is 1.72. The number of pyridine rings is 1. The van der Waals surface area contributed by atoms with Crippen LogP contribution in [0.3, 0.4) is 0 Å². The number of thiazole rings is 1. The predicted molar refractivity (Wildman–Crippen MR) is 116 cm³/mol. The van der Waals surface area contributed by atoms with Crippen LogP contribution in [0.1, 0.15) is 41.1 Å². The topological polar surface area (TPSA) is 67.7 Å². The third-order valence-corrected chi connectivity index (χ3v) is 7.86. The predicted octanol–water partition coefficient (Wildman–Crippen LogP) is 2.34. The average molecular weight is 429 g/mol. The highest BCUT2D eigenvalue weighted by atomic mass is 32.1. The van der Waals surface area contributed by atoms with Gasteiger partial charge in [-0.2, -0.15) is 0 Å². The summed E-state index contributed by atoms with van der Waals surface area (Å²) in [7, 11) is 0. The van der Waals surface area contributed by atoms with Gasteiger partial charge in [-0.05, 0) is 32.8 Å². The van der Waals surface area contributed by atoms with E-state index in [1.165, 1.54) is 4.88 Å². The van der Waals surface area contributed by atoms with E-state index in [0.29, 0.717) is 26.3 Å².